The van der Waals surface area contributed by atoms with Crippen molar-refractivity contribution in [1.29, 1.82) is 0 Å². The van der Waals surface area contributed by atoms with Gasteiger partial charge in [-0.3, -0.25) is 14.5 Å². The summed E-state index contributed by atoms with van der Waals surface area (Å²) in [6.45, 7) is 5.82. The zero-order chi connectivity index (χ0) is 25.5. The molecular weight excluding hydrogens is 450 g/mol. The van der Waals surface area contributed by atoms with Gasteiger partial charge in [0.25, 0.3) is 0 Å². The number of carbonyl (C=O) groups excluding carboxylic acids is 2. The van der Waals surface area contributed by atoms with E-state index < -0.39 is 11.8 Å². The van der Waals surface area contributed by atoms with Crippen LogP contribution >= 0.6 is 0 Å². The summed E-state index contributed by atoms with van der Waals surface area (Å²) < 4.78 is 0. The van der Waals surface area contributed by atoms with Crippen LogP contribution in [0.4, 0.5) is 17.1 Å². The van der Waals surface area contributed by atoms with Crippen molar-refractivity contribution in [2.75, 3.05) is 61.9 Å². The van der Waals surface area contributed by atoms with Gasteiger partial charge in [-0.25, -0.2) is 0 Å². The zero-order valence-corrected chi connectivity index (χ0v) is 21.3. The average Bonchev–Trinajstić information content (AvgIpc) is 2.90. The molecule has 0 aliphatic carbocycles. The molecule has 3 aromatic carbocycles. The van der Waals surface area contributed by atoms with Crippen molar-refractivity contribution in [2.45, 2.75) is 13.0 Å². The van der Waals surface area contributed by atoms with Gasteiger partial charge in [-0.1, -0.05) is 42.5 Å². The third kappa shape index (κ3) is 6.43. The first kappa shape index (κ1) is 25.3. The van der Waals surface area contributed by atoms with Crippen LogP contribution in [0.5, 0.6) is 0 Å². The second-order valence-electron chi connectivity index (χ2n) is 9.39. The maximum atomic E-state index is 12.7. The summed E-state index contributed by atoms with van der Waals surface area (Å²) in [6, 6.07) is 26.2. The van der Waals surface area contributed by atoms with Gasteiger partial charge in [0.2, 0.25) is 0 Å². The van der Waals surface area contributed by atoms with Gasteiger partial charge in [0.05, 0.1) is 6.04 Å². The van der Waals surface area contributed by atoms with Crippen LogP contribution in [0.15, 0.2) is 78.9 Å². The number of anilines is 3. The Morgan fingerprint density at radius 3 is 2.19 bits per heavy atom. The lowest BCUT2D eigenvalue weighted by Gasteiger charge is -2.40. The second-order valence-corrected chi connectivity index (χ2v) is 9.39. The number of carbonyl (C=O) groups is 2. The smallest absolute Gasteiger partial charge is 0.313 e. The van der Waals surface area contributed by atoms with E-state index in [-0.39, 0.29) is 6.04 Å². The lowest BCUT2D eigenvalue weighted by molar-refractivity contribution is -0.136. The normalized spacial score (nSPS) is 14.7. The molecule has 1 saturated heterocycles. The first-order chi connectivity index (χ1) is 17.4. The van der Waals surface area contributed by atoms with E-state index in [9.17, 15) is 9.59 Å². The molecule has 7 heteroatoms. The minimum Gasteiger partial charge on any atom is -0.378 e. The summed E-state index contributed by atoms with van der Waals surface area (Å²) in [4.78, 5) is 32.0. The summed E-state index contributed by atoms with van der Waals surface area (Å²) in [7, 11) is 4.03. The number of hydrogen-bond donors (Lipinski definition) is 2. The van der Waals surface area contributed by atoms with E-state index in [0.717, 1.165) is 43.0 Å². The number of amides is 2. The van der Waals surface area contributed by atoms with Gasteiger partial charge >= 0.3 is 11.8 Å². The molecule has 0 spiro atoms. The number of hydrogen-bond acceptors (Lipinski definition) is 5. The van der Waals surface area contributed by atoms with Gasteiger partial charge in [-0.05, 0) is 54.4 Å². The molecule has 2 N–H and O–H groups in total. The molecule has 2 amide bonds. The minimum absolute atomic E-state index is 0.0325. The van der Waals surface area contributed by atoms with Gasteiger partial charge in [0.1, 0.15) is 0 Å². The summed E-state index contributed by atoms with van der Waals surface area (Å²) in [5, 5.41) is 5.57. The highest BCUT2D eigenvalue weighted by atomic mass is 16.2. The molecule has 1 aliphatic heterocycles. The number of nitrogens with zero attached hydrogens (tertiary/aromatic N) is 3. The first-order valence-electron chi connectivity index (χ1n) is 12.4. The summed E-state index contributed by atoms with van der Waals surface area (Å²) in [6.07, 6.45) is 0. The number of benzene rings is 3. The van der Waals surface area contributed by atoms with Crippen LogP contribution in [0.25, 0.3) is 0 Å². The quantitative estimate of drug-likeness (QED) is 0.500. The second kappa shape index (κ2) is 11.7. The Morgan fingerprint density at radius 2 is 1.56 bits per heavy atom. The zero-order valence-electron chi connectivity index (χ0n) is 21.3. The van der Waals surface area contributed by atoms with Crippen molar-refractivity contribution < 1.29 is 9.59 Å². The predicted octanol–water partition coefficient (Wildman–Crippen LogP) is 3.68. The van der Waals surface area contributed by atoms with Gasteiger partial charge in [0.15, 0.2) is 0 Å². The molecular formula is C29H35N5O2. The Balaban J connectivity index is 1.43. The van der Waals surface area contributed by atoms with Gasteiger partial charge in [-0.15, -0.1) is 0 Å². The summed E-state index contributed by atoms with van der Waals surface area (Å²) in [5.41, 5.74) is 5.10. The molecule has 0 bridgehead atoms. The van der Waals surface area contributed by atoms with Crippen molar-refractivity contribution in [3.8, 4) is 0 Å². The van der Waals surface area contributed by atoms with Crippen LogP contribution in [0.2, 0.25) is 0 Å². The molecule has 7 nitrogen and oxygen atoms in total. The van der Waals surface area contributed by atoms with E-state index in [0.29, 0.717) is 12.2 Å². The number of aryl methyl sites for hydroxylation is 1. The minimum atomic E-state index is -0.656. The van der Waals surface area contributed by atoms with E-state index in [1.807, 2.05) is 45.3 Å². The Kier molecular flexibility index (Phi) is 8.23. The topological polar surface area (TPSA) is 67.9 Å². The van der Waals surface area contributed by atoms with Crippen molar-refractivity contribution in [1.82, 2.24) is 10.2 Å². The molecule has 1 fully saturated rings. The Labute approximate surface area is 213 Å². The third-order valence-corrected chi connectivity index (χ3v) is 6.61. The standard InChI is InChI=1S/C29H35N5O2/c1-22-8-7-9-24(20-22)31-29(36)28(35)30-21-27(23-12-14-25(15-13-23)32(2)3)34-18-16-33(17-19-34)26-10-5-4-6-11-26/h4-15,20,27H,16-19,21H2,1-3H3,(H,30,35)(H,31,36). The van der Waals surface area contributed by atoms with Crippen molar-refractivity contribution in [2.24, 2.45) is 0 Å². The lowest BCUT2D eigenvalue weighted by Crippen LogP contribution is -2.50. The molecule has 0 radical (unpaired) electrons. The van der Waals surface area contributed by atoms with Crippen LogP contribution in [-0.2, 0) is 9.59 Å². The molecule has 3 aromatic rings. The van der Waals surface area contributed by atoms with Gasteiger partial charge in [-0.2, -0.15) is 0 Å². The SMILES string of the molecule is Cc1cccc(NC(=O)C(=O)NCC(c2ccc(N(C)C)cc2)N2CCN(c3ccccc3)CC2)c1. The molecule has 1 heterocycles. The van der Waals surface area contributed by atoms with Crippen LogP contribution in [-0.4, -0.2) is 63.5 Å². The number of nitrogens with one attached hydrogen (secondary N) is 2. The van der Waals surface area contributed by atoms with Crippen molar-refractivity contribution >= 4 is 28.9 Å². The highest BCUT2D eigenvalue weighted by Crippen LogP contribution is 2.25. The van der Waals surface area contributed by atoms with E-state index in [1.54, 1.807) is 6.07 Å². The fourth-order valence-corrected chi connectivity index (χ4v) is 4.56. The third-order valence-electron chi connectivity index (χ3n) is 6.61. The van der Waals surface area contributed by atoms with Gasteiger partial charge < -0.3 is 20.4 Å². The number of rotatable bonds is 7. The van der Waals surface area contributed by atoms with Crippen LogP contribution in [0.3, 0.4) is 0 Å². The highest BCUT2D eigenvalue weighted by molar-refractivity contribution is 6.39. The van der Waals surface area contributed by atoms with E-state index in [4.69, 9.17) is 0 Å². The lowest BCUT2D eigenvalue weighted by atomic mass is 10.0. The van der Waals surface area contributed by atoms with E-state index in [2.05, 4.69) is 73.9 Å². The Hall–Kier alpha value is -3.84. The van der Waals surface area contributed by atoms with Gasteiger partial charge in [0, 0.05) is 63.9 Å². The molecule has 0 saturated carbocycles. The number of piperazine rings is 1. The molecule has 36 heavy (non-hydrogen) atoms. The average molecular weight is 486 g/mol. The van der Waals surface area contributed by atoms with E-state index in [1.165, 1.54) is 5.69 Å². The highest BCUT2D eigenvalue weighted by Gasteiger charge is 2.27. The van der Waals surface area contributed by atoms with E-state index >= 15 is 0 Å². The first-order valence-corrected chi connectivity index (χ1v) is 12.4. The van der Waals surface area contributed by atoms with Crippen molar-refractivity contribution in [3.63, 3.8) is 0 Å². The van der Waals surface area contributed by atoms with Crippen LogP contribution in [0, 0.1) is 6.92 Å². The molecule has 1 unspecified atom stereocenters. The largest absolute Gasteiger partial charge is 0.378 e. The maximum absolute atomic E-state index is 12.7. The van der Waals surface area contributed by atoms with Crippen molar-refractivity contribution in [3.05, 3.63) is 90.0 Å². The molecule has 4 rings (SSSR count). The maximum Gasteiger partial charge on any atom is 0.313 e. The Morgan fingerprint density at radius 1 is 0.861 bits per heavy atom. The molecule has 1 aliphatic rings. The van der Waals surface area contributed by atoms with Crippen LogP contribution < -0.4 is 20.4 Å². The molecule has 1 atom stereocenters. The summed E-state index contributed by atoms with van der Waals surface area (Å²) in [5.74, 6) is -1.29. The fraction of sp³-hybridized carbons (Fsp3) is 0.310. The summed E-state index contributed by atoms with van der Waals surface area (Å²) >= 11 is 0. The van der Waals surface area contributed by atoms with Crippen LogP contribution in [0.1, 0.15) is 17.2 Å². The monoisotopic (exact) mass is 485 g/mol. The number of para-hydroxylation sites is 1. The predicted molar refractivity (Wildman–Crippen MR) is 147 cm³/mol. The fourth-order valence-electron chi connectivity index (χ4n) is 4.56. The molecule has 0 aromatic heterocycles. The Bertz CT molecular complexity index is 1160. The molecule has 188 valence electrons.